The van der Waals surface area contributed by atoms with E-state index in [0.717, 1.165) is 31.5 Å². The van der Waals surface area contributed by atoms with Gasteiger partial charge in [-0.25, -0.2) is 0 Å². The number of rotatable bonds is 5. The highest BCUT2D eigenvalue weighted by atomic mass is 35.5. The molecule has 0 saturated carbocycles. The van der Waals surface area contributed by atoms with Gasteiger partial charge in [-0.3, -0.25) is 4.79 Å². The van der Waals surface area contributed by atoms with Gasteiger partial charge >= 0.3 is 0 Å². The molecule has 2 rings (SSSR count). The molecule has 1 aromatic rings. The Morgan fingerprint density at radius 2 is 1.96 bits per heavy atom. The number of methoxy groups -OCH3 is 2. The van der Waals surface area contributed by atoms with Gasteiger partial charge in [0.1, 0.15) is 0 Å². The molecule has 0 aromatic heterocycles. The second-order valence-corrected chi connectivity index (χ2v) is 6.21. The lowest BCUT2D eigenvalue weighted by atomic mass is 9.83. The van der Waals surface area contributed by atoms with Crippen LogP contribution in [0, 0.1) is 0 Å². The first-order valence-electron chi connectivity index (χ1n) is 7.73. The predicted molar refractivity (Wildman–Crippen MR) is 93.9 cm³/mol. The van der Waals surface area contributed by atoms with Gasteiger partial charge in [0.25, 0.3) is 0 Å². The number of hydrogen-bond donors (Lipinski definition) is 2. The molecule has 0 aliphatic carbocycles. The van der Waals surface area contributed by atoms with Gasteiger partial charge in [0.05, 0.1) is 19.6 Å². The molecule has 1 amide bonds. The van der Waals surface area contributed by atoms with Crippen LogP contribution in [0.25, 0.3) is 0 Å². The van der Waals surface area contributed by atoms with E-state index in [1.54, 1.807) is 14.2 Å². The molecule has 0 radical (unpaired) electrons. The molecule has 2 N–H and O–H groups in total. The molecular formula is C17H27ClN2O3. The monoisotopic (exact) mass is 342 g/mol. The Hall–Kier alpha value is -1.46. The van der Waals surface area contributed by atoms with E-state index in [0.29, 0.717) is 11.5 Å². The maximum Gasteiger partial charge on any atom is 0.230 e. The van der Waals surface area contributed by atoms with E-state index in [2.05, 4.69) is 10.6 Å². The summed E-state index contributed by atoms with van der Waals surface area (Å²) in [7, 11) is 3.20. The van der Waals surface area contributed by atoms with Crippen molar-refractivity contribution in [3.05, 3.63) is 23.8 Å². The number of halogens is 1. The van der Waals surface area contributed by atoms with Crippen LogP contribution in [0.15, 0.2) is 18.2 Å². The number of hydrogen-bond acceptors (Lipinski definition) is 4. The molecule has 23 heavy (non-hydrogen) atoms. The van der Waals surface area contributed by atoms with Crippen LogP contribution in [0.3, 0.4) is 0 Å². The smallest absolute Gasteiger partial charge is 0.230 e. The van der Waals surface area contributed by atoms with E-state index >= 15 is 0 Å². The molecule has 1 heterocycles. The summed E-state index contributed by atoms with van der Waals surface area (Å²) in [6.07, 6.45) is 2.13. The maximum atomic E-state index is 12.7. The standard InChI is InChI=1S/C17H26N2O3.ClH/c1-17(2,16(20)19-13-6-5-9-18-11-13)12-7-8-14(21-3)15(10-12)22-4;/h7-8,10,13,18H,5-6,9,11H2,1-4H3,(H,19,20);1H. The first-order valence-corrected chi connectivity index (χ1v) is 7.73. The predicted octanol–water partition coefficient (Wildman–Crippen LogP) is 2.27. The molecular weight excluding hydrogens is 316 g/mol. The Bertz CT molecular complexity index is 529. The van der Waals surface area contributed by atoms with E-state index in [1.807, 2.05) is 32.0 Å². The average molecular weight is 343 g/mol. The molecule has 1 aliphatic rings. The van der Waals surface area contributed by atoms with Crippen LogP contribution in [0.1, 0.15) is 32.3 Å². The Morgan fingerprint density at radius 1 is 1.26 bits per heavy atom. The van der Waals surface area contributed by atoms with Gasteiger partial charge in [-0.2, -0.15) is 0 Å². The highest BCUT2D eigenvalue weighted by Gasteiger charge is 2.32. The van der Waals surface area contributed by atoms with Crippen molar-refractivity contribution in [2.75, 3.05) is 27.3 Å². The van der Waals surface area contributed by atoms with Crippen LogP contribution in [0.5, 0.6) is 11.5 Å². The summed E-state index contributed by atoms with van der Waals surface area (Å²) in [4.78, 5) is 12.7. The third-order valence-corrected chi connectivity index (χ3v) is 4.30. The molecule has 0 spiro atoms. The number of carbonyl (C=O) groups excluding carboxylic acids is 1. The summed E-state index contributed by atoms with van der Waals surface area (Å²) in [5, 5.41) is 6.46. The fraction of sp³-hybridized carbons (Fsp3) is 0.588. The zero-order valence-corrected chi connectivity index (χ0v) is 15.1. The number of piperidine rings is 1. The number of nitrogens with one attached hydrogen (secondary N) is 2. The minimum Gasteiger partial charge on any atom is -0.493 e. The van der Waals surface area contributed by atoms with E-state index in [1.165, 1.54) is 0 Å². The van der Waals surface area contributed by atoms with Crippen molar-refractivity contribution >= 4 is 18.3 Å². The number of amides is 1. The van der Waals surface area contributed by atoms with Crippen LogP contribution < -0.4 is 20.1 Å². The SMILES string of the molecule is COc1ccc(C(C)(C)C(=O)NC2CCCNC2)cc1OC.Cl. The van der Waals surface area contributed by atoms with E-state index in [9.17, 15) is 4.79 Å². The summed E-state index contributed by atoms with van der Waals surface area (Å²) in [5.41, 5.74) is 0.281. The summed E-state index contributed by atoms with van der Waals surface area (Å²) >= 11 is 0. The van der Waals surface area contributed by atoms with Crippen molar-refractivity contribution in [2.45, 2.75) is 38.1 Å². The molecule has 1 unspecified atom stereocenters. The van der Waals surface area contributed by atoms with Crippen LogP contribution in [0.4, 0.5) is 0 Å². The minimum atomic E-state index is -0.628. The van der Waals surface area contributed by atoms with E-state index in [-0.39, 0.29) is 24.4 Å². The molecule has 1 aromatic carbocycles. The molecule has 6 heteroatoms. The van der Waals surface area contributed by atoms with E-state index in [4.69, 9.17) is 9.47 Å². The molecule has 1 atom stereocenters. The second kappa shape index (κ2) is 8.41. The Kier molecular flexibility index (Phi) is 7.16. The summed E-state index contributed by atoms with van der Waals surface area (Å²) in [6, 6.07) is 5.84. The largest absolute Gasteiger partial charge is 0.493 e. The summed E-state index contributed by atoms with van der Waals surface area (Å²) in [5.74, 6) is 1.34. The van der Waals surface area contributed by atoms with Crippen molar-refractivity contribution < 1.29 is 14.3 Å². The van der Waals surface area contributed by atoms with Gasteiger partial charge in [0.2, 0.25) is 5.91 Å². The van der Waals surface area contributed by atoms with Crippen molar-refractivity contribution in [1.82, 2.24) is 10.6 Å². The lowest BCUT2D eigenvalue weighted by Gasteiger charge is -2.30. The zero-order chi connectivity index (χ0) is 16.2. The molecule has 1 fully saturated rings. The van der Waals surface area contributed by atoms with E-state index < -0.39 is 5.41 Å². The highest BCUT2D eigenvalue weighted by Crippen LogP contribution is 2.33. The Morgan fingerprint density at radius 3 is 2.52 bits per heavy atom. The van der Waals surface area contributed by atoms with Crippen LogP contribution >= 0.6 is 12.4 Å². The molecule has 5 nitrogen and oxygen atoms in total. The van der Waals surface area contributed by atoms with Crippen LogP contribution in [-0.4, -0.2) is 39.3 Å². The quantitative estimate of drug-likeness (QED) is 0.861. The van der Waals surface area contributed by atoms with Gasteiger partial charge < -0.3 is 20.1 Å². The Labute approximate surface area is 144 Å². The van der Waals surface area contributed by atoms with Gasteiger partial charge in [-0.15, -0.1) is 12.4 Å². The normalized spacial score (nSPS) is 17.8. The third-order valence-electron chi connectivity index (χ3n) is 4.30. The zero-order valence-electron chi connectivity index (χ0n) is 14.3. The summed E-state index contributed by atoms with van der Waals surface area (Å²) < 4.78 is 10.6. The highest BCUT2D eigenvalue weighted by molar-refractivity contribution is 5.87. The van der Waals surface area contributed by atoms with Crippen molar-refractivity contribution in [1.29, 1.82) is 0 Å². The van der Waals surface area contributed by atoms with Crippen molar-refractivity contribution in [3.8, 4) is 11.5 Å². The fourth-order valence-electron chi connectivity index (χ4n) is 2.70. The molecule has 1 saturated heterocycles. The number of ether oxygens (including phenoxy) is 2. The maximum absolute atomic E-state index is 12.7. The fourth-order valence-corrected chi connectivity index (χ4v) is 2.70. The Balaban J connectivity index is 0.00000264. The lowest BCUT2D eigenvalue weighted by molar-refractivity contribution is -0.126. The van der Waals surface area contributed by atoms with Gasteiger partial charge in [0.15, 0.2) is 11.5 Å². The molecule has 1 aliphatic heterocycles. The number of carbonyl (C=O) groups is 1. The second-order valence-electron chi connectivity index (χ2n) is 6.21. The molecule has 130 valence electrons. The first kappa shape index (κ1) is 19.6. The summed E-state index contributed by atoms with van der Waals surface area (Å²) in [6.45, 7) is 5.73. The minimum absolute atomic E-state index is 0. The van der Waals surface area contributed by atoms with Gasteiger partial charge in [0, 0.05) is 12.6 Å². The number of benzene rings is 1. The first-order chi connectivity index (χ1) is 10.5. The van der Waals surface area contributed by atoms with Crippen molar-refractivity contribution in [2.24, 2.45) is 0 Å². The van der Waals surface area contributed by atoms with Crippen LogP contribution in [-0.2, 0) is 10.2 Å². The van der Waals surface area contributed by atoms with Gasteiger partial charge in [-0.1, -0.05) is 6.07 Å². The third kappa shape index (κ3) is 4.52. The topological polar surface area (TPSA) is 59.6 Å². The lowest BCUT2D eigenvalue weighted by Crippen LogP contribution is -2.50. The van der Waals surface area contributed by atoms with Crippen molar-refractivity contribution in [3.63, 3.8) is 0 Å². The molecule has 0 bridgehead atoms. The van der Waals surface area contributed by atoms with Gasteiger partial charge in [-0.05, 0) is 50.9 Å². The average Bonchev–Trinajstić information content (AvgIpc) is 2.54. The van der Waals surface area contributed by atoms with Crippen LogP contribution in [0.2, 0.25) is 0 Å².